The molecule has 5 fully saturated rings. The van der Waals surface area contributed by atoms with Crippen LogP contribution in [0.2, 0.25) is 0 Å². The molecule has 2 bridgehead atoms. The zero-order chi connectivity index (χ0) is 29.5. The molecular formula is C30H39N3O9. The van der Waals surface area contributed by atoms with E-state index in [1.54, 1.807) is 23.3 Å². The number of hydrogen-bond acceptors (Lipinski definition) is 9. The van der Waals surface area contributed by atoms with Gasteiger partial charge in [-0.05, 0) is 50.2 Å². The molecule has 4 saturated heterocycles. The average molecular weight is 586 g/mol. The fourth-order valence-electron chi connectivity index (χ4n) is 7.15. The first kappa shape index (κ1) is 29.1. The molecule has 1 saturated carbocycles. The smallest absolute Gasteiger partial charge is 0.339 e. The van der Waals surface area contributed by atoms with Gasteiger partial charge in [0.05, 0.1) is 19.5 Å². The van der Waals surface area contributed by atoms with Crippen LogP contribution < -0.4 is 10.1 Å². The third-order valence-electron chi connectivity index (χ3n) is 9.31. The molecule has 2 aromatic rings. The lowest BCUT2D eigenvalue weighted by Crippen LogP contribution is -2.70. The van der Waals surface area contributed by atoms with E-state index in [1.165, 1.54) is 18.2 Å². The van der Waals surface area contributed by atoms with Crippen LogP contribution in [0, 0.1) is 23.7 Å². The topological polar surface area (TPSA) is 140 Å². The summed E-state index contributed by atoms with van der Waals surface area (Å²) in [5, 5.41) is 12.4. The largest absolute Gasteiger partial charge is 0.493 e. The van der Waals surface area contributed by atoms with Crippen LogP contribution in [0.5, 0.6) is 5.75 Å². The summed E-state index contributed by atoms with van der Waals surface area (Å²) in [6.45, 7) is 6.97. The number of fused-ring (bicyclic) bond motifs is 2. The van der Waals surface area contributed by atoms with Crippen molar-refractivity contribution < 1.29 is 43.4 Å². The van der Waals surface area contributed by atoms with Gasteiger partial charge in [0.25, 0.3) is 0 Å². The Morgan fingerprint density at radius 1 is 1.17 bits per heavy atom. The number of rotatable bonds is 10. The summed E-state index contributed by atoms with van der Waals surface area (Å²) in [6, 6.07) is 4.47. The Labute approximate surface area is 244 Å². The summed E-state index contributed by atoms with van der Waals surface area (Å²) in [4.78, 5) is 40.1. The summed E-state index contributed by atoms with van der Waals surface area (Å²) in [7, 11) is 0. The number of imidazole rings is 1. The molecule has 2 N–H and O–H groups in total. The second-order valence-electron chi connectivity index (χ2n) is 12.1. The number of nitrogens with zero attached hydrogens (tertiary/aromatic N) is 2. The van der Waals surface area contributed by atoms with Gasteiger partial charge in [-0.3, -0.25) is 4.79 Å². The Morgan fingerprint density at radius 3 is 2.81 bits per heavy atom. The first-order valence-electron chi connectivity index (χ1n) is 14.8. The minimum absolute atomic E-state index is 0.00965. The van der Waals surface area contributed by atoms with Crippen LogP contribution in [0.4, 0.5) is 5.69 Å². The zero-order valence-electron chi connectivity index (χ0n) is 24.2. The zero-order valence-corrected chi connectivity index (χ0v) is 24.2. The molecule has 1 aliphatic carbocycles. The first-order chi connectivity index (χ1) is 20.2. The lowest BCUT2D eigenvalue weighted by molar-refractivity contribution is -0.577. The van der Waals surface area contributed by atoms with Gasteiger partial charge >= 0.3 is 5.97 Å². The van der Waals surface area contributed by atoms with Crippen molar-refractivity contribution >= 4 is 17.6 Å². The van der Waals surface area contributed by atoms with Crippen LogP contribution in [-0.2, 0) is 35.3 Å². The van der Waals surface area contributed by atoms with Crippen molar-refractivity contribution in [2.24, 2.45) is 23.7 Å². The monoisotopic (exact) mass is 585 g/mol. The van der Waals surface area contributed by atoms with E-state index in [1.807, 2.05) is 6.92 Å². The van der Waals surface area contributed by atoms with E-state index in [0.29, 0.717) is 24.6 Å². The molecule has 1 amide bonds. The van der Waals surface area contributed by atoms with Crippen LogP contribution in [-0.4, -0.2) is 63.7 Å². The van der Waals surface area contributed by atoms with Gasteiger partial charge in [0, 0.05) is 48.8 Å². The van der Waals surface area contributed by atoms with Crippen LogP contribution in [0.15, 0.2) is 36.9 Å². The highest BCUT2D eigenvalue weighted by molar-refractivity contribution is 5.94. The molecule has 0 radical (unpaired) electrons. The van der Waals surface area contributed by atoms with E-state index >= 15 is 0 Å². The fraction of sp³-hybridized carbons (Fsp3) is 0.633. The summed E-state index contributed by atoms with van der Waals surface area (Å²) in [6.07, 6.45) is 8.09. The predicted octanol–water partition coefficient (Wildman–Crippen LogP) is 4.21. The molecular weight excluding hydrogens is 546 g/mol. The summed E-state index contributed by atoms with van der Waals surface area (Å²) in [5.74, 6) is -1.05. The fourth-order valence-corrected chi connectivity index (χ4v) is 7.15. The number of hydrogen-bond donors (Lipinski definition) is 2. The molecule has 4 aliphatic heterocycles. The minimum Gasteiger partial charge on any atom is -0.493 e. The minimum atomic E-state index is -1.12. The molecule has 8 atom stereocenters. The number of aromatic carboxylic acids is 1. The molecule has 1 unspecified atom stereocenters. The highest BCUT2D eigenvalue weighted by Crippen LogP contribution is 2.60. The van der Waals surface area contributed by atoms with Crippen LogP contribution in [0.25, 0.3) is 0 Å². The summed E-state index contributed by atoms with van der Waals surface area (Å²) in [5.41, 5.74) is -0.189. The van der Waals surface area contributed by atoms with Crippen molar-refractivity contribution in [2.45, 2.75) is 83.4 Å². The Balaban J connectivity index is 1.05. The second-order valence-corrected chi connectivity index (χ2v) is 12.1. The molecule has 5 aliphatic rings. The van der Waals surface area contributed by atoms with Crippen molar-refractivity contribution in [3.8, 4) is 5.75 Å². The Hall–Kier alpha value is -3.03. The van der Waals surface area contributed by atoms with E-state index in [4.69, 9.17) is 28.7 Å². The molecule has 1 spiro atoms. The lowest BCUT2D eigenvalue weighted by Gasteiger charge is -2.60. The number of anilines is 1. The third-order valence-corrected chi connectivity index (χ3v) is 9.31. The number of carboxylic acids is 1. The van der Waals surface area contributed by atoms with E-state index in [0.717, 1.165) is 25.7 Å². The molecule has 228 valence electrons. The number of ether oxygens (including phenoxy) is 4. The Kier molecular flexibility index (Phi) is 8.01. The van der Waals surface area contributed by atoms with Gasteiger partial charge < -0.3 is 33.9 Å². The maximum Gasteiger partial charge on any atom is 0.339 e. The van der Waals surface area contributed by atoms with Gasteiger partial charge in [-0.2, -0.15) is 0 Å². The van der Waals surface area contributed by atoms with Gasteiger partial charge in [0.15, 0.2) is 18.2 Å². The quantitative estimate of drug-likeness (QED) is 0.308. The van der Waals surface area contributed by atoms with E-state index in [-0.39, 0.29) is 48.1 Å². The molecule has 1 aromatic heterocycles. The van der Waals surface area contributed by atoms with Gasteiger partial charge in [0.2, 0.25) is 11.7 Å². The number of carbonyl (C=O) groups is 2. The first-order valence-corrected chi connectivity index (χ1v) is 14.8. The Bertz CT molecular complexity index is 1290. The molecule has 7 rings (SSSR count). The number of carbonyl (C=O) groups excluding carboxylic acids is 1. The molecule has 12 nitrogen and oxygen atoms in total. The number of aromatic nitrogens is 2. The van der Waals surface area contributed by atoms with Crippen molar-refractivity contribution in [1.29, 1.82) is 0 Å². The summed E-state index contributed by atoms with van der Waals surface area (Å²) < 4.78 is 26.5. The predicted molar refractivity (Wildman–Crippen MR) is 147 cm³/mol. The highest BCUT2D eigenvalue weighted by atomic mass is 17.3. The highest BCUT2D eigenvalue weighted by Gasteiger charge is 2.69. The van der Waals surface area contributed by atoms with Gasteiger partial charge in [0.1, 0.15) is 17.9 Å². The lowest BCUT2D eigenvalue weighted by atomic mass is 9.58. The molecule has 42 heavy (non-hydrogen) atoms. The van der Waals surface area contributed by atoms with Crippen molar-refractivity contribution in [2.75, 3.05) is 18.5 Å². The molecule has 5 heterocycles. The average Bonchev–Trinajstić information content (AvgIpc) is 3.35. The number of nitrogens with one attached hydrogen (secondary N) is 1. The van der Waals surface area contributed by atoms with Crippen LogP contribution in [0.1, 0.15) is 63.2 Å². The van der Waals surface area contributed by atoms with Gasteiger partial charge in [-0.1, -0.05) is 13.8 Å². The maximum absolute atomic E-state index is 12.4. The number of benzene rings is 1. The van der Waals surface area contributed by atoms with Gasteiger partial charge in [-0.15, -0.1) is 0 Å². The Morgan fingerprint density at radius 2 is 2.02 bits per heavy atom. The summed E-state index contributed by atoms with van der Waals surface area (Å²) >= 11 is 0. The maximum atomic E-state index is 12.4. The normalized spacial score (nSPS) is 35.2. The van der Waals surface area contributed by atoms with Gasteiger partial charge in [-0.25, -0.2) is 19.6 Å². The SMILES string of the molecule is C[C@H]1[C@@H](OCCCOc2cc(NC(=O)Cn3ccnc3)ccc2C(=O)O)O[C@@H]2O[C@@]3(C)CCC4[C@H](C)CC[C@@H]1[C@]42OO3. The molecule has 1 aromatic carbocycles. The van der Waals surface area contributed by atoms with E-state index in [9.17, 15) is 14.7 Å². The van der Waals surface area contributed by atoms with E-state index < -0.39 is 29.9 Å². The standard InChI is InChI=1S/C30H39N3O9/c1-18-5-8-23-19(2)27(39-28-30(23)22(18)9-10-29(3,40-28)41-42-30)38-14-4-13-37-24-15-20(6-7-21(24)26(35)36)32-25(34)16-33-12-11-31-17-33/h6-7,11-12,15,17-19,22-23,27-28H,4-5,8-10,13-14,16H2,1-3H3,(H,32,34)(H,35,36)/t18-,19-,22?,23+,27+,28-,29-,30-/m1/s1. The van der Waals surface area contributed by atoms with Crippen LogP contribution in [0.3, 0.4) is 0 Å². The number of amides is 1. The number of carboxylic acid groups (broad SMARTS) is 1. The molecule has 12 heteroatoms. The second kappa shape index (κ2) is 11.6. The van der Waals surface area contributed by atoms with E-state index in [2.05, 4.69) is 24.1 Å². The van der Waals surface area contributed by atoms with Crippen molar-refractivity contribution in [3.05, 3.63) is 42.5 Å². The third kappa shape index (κ3) is 5.42. The van der Waals surface area contributed by atoms with Crippen LogP contribution >= 0.6 is 0 Å². The van der Waals surface area contributed by atoms with Crippen molar-refractivity contribution in [1.82, 2.24) is 9.55 Å². The van der Waals surface area contributed by atoms with Crippen molar-refractivity contribution in [3.63, 3.8) is 0 Å².